The average Bonchev–Trinajstić information content (AvgIpc) is 2.48. The van der Waals surface area contributed by atoms with Crippen LogP contribution in [0.4, 0.5) is 10.1 Å². The number of nitrogens with zero attached hydrogens (tertiary/aromatic N) is 1. The molecule has 1 nitrogen and oxygen atoms in total. The fourth-order valence-corrected chi connectivity index (χ4v) is 3.54. The van der Waals surface area contributed by atoms with Gasteiger partial charge in [0.05, 0.1) is 0 Å². The summed E-state index contributed by atoms with van der Waals surface area (Å²) in [6.45, 7) is 5.60. The monoisotopic (exact) mass is 283 g/mol. The number of hydrogen-bond donors (Lipinski definition) is 0. The molecule has 110 valence electrons. The summed E-state index contributed by atoms with van der Waals surface area (Å²) in [4.78, 5) is 2.35. The molecule has 1 aliphatic heterocycles. The summed E-state index contributed by atoms with van der Waals surface area (Å²) < 4.78 is 13.3. The molecule has 0 N–H and O–H groups in total. The van der Waals surface area contributed by atoms with E-state index in [0.29, 0.717) is 17.8 Å². The van der Waals surface area contributed by atoms with Crippen LogP contribution in [0.3, 0.4) is 0 Å². The van der Waals surface area contributed by atoms with Gasteiger partial charge in [-0.1, -0.05) is 44.2 Å². The Morgan fingerprint density at radius 2 is 1.71 bits per heavy atom. The van der Waals surface area contributed by atoms with Crippen LogP contribution in [0, 0.1) is 17.7 Å². The number of rotatable bonds is 2. The number of para-hydroxylation sites is 1. The third-order valence-corrected chi connectivity index (χ3v) is 4.68. The van der Waals surface area contributed by atoms with Crippen LogP contribution in [-0.4, -0.2) is 13.6 Å². The lowest BCUT2D eigenvalue weighted by Crippen LogP contribution is -2.38. The highest BCUT2D eigenvalue weighted by molar-refractivity contribution is 5.59. The van der Waals surface area contributed by atoms with Gasteiger partial charge in [0.2, 0.25) is 0 Å². The first-order valence-electron chi connectivity index (χ1n) is 7.63. The third-order valence-electron chi connectivity index (χ3n) is 4.68. The van der Waals surface area contributed by atoms with Crippen molar-refractivity contribution in [3.8, 4) is 0 Å². The van der Waals surface area contributed by atoms with Crippen LogP contribution in [0.5, 0.6) is 0 Å². The van der Waals surface area contributed by atoms with Gasteiger partial charge in [-0.2, -0.15) is 0 Å². The van der Waals surface area contributed by atoms with Crippen LogP contribution in [-0.2, 0) is 0 Å². The summed E-state index contributed by atoms with van der Waals surface area (Å²) >= 11 is 0. The maximum atomic E-state index is 13.3. The molecule has 0 bridgehead atoms. The van der Waals surface area contributed by atoms with E-state index in [1.54, 1.807) is 12.1 Å². The van der Waals surface area contributed by atoms with E-state index in [-0.39, 0.29) is 5.82 Å². The Balaban J connectivity index is 2.13. The first-order valence-corrected chi connectivity index (χ1v) is 7.63. The van der Waals surface area contributed by atoms with Crippen LogP contribution in [0.2, 0.25) is 0 Å². The summed E-state index contributed by atoms with van der Waals surface area (Å²) in [6.07, 6.45) is 0. The second-order valence-electron chi connectivity index (χ2n) is 6.38. The molecule has 0 radical (unpaired) electrons. The van der Waals surface area contributed by atoms with Gasteiger partial charge in [0.25, 0.3) is 0 Å². The van der Waals surface area contributed by atoms with Crippen LogP contribution in [0.15, 0.2) is 48.5 Å². The molecule has 2 aromatic rings. The Morgan fingerprint density at radius 1 is 1.05 bits per heavy atom. The molecule has 1 aliphatic rings. The van der Waals surface area contributed by atoms with E-state index in [2.05, 4.69) is 50.1 Å². The molecule has 0 saturated heterocycles. The van der Waals surface area contributed by atoms with Gasteiger partial charge < -0.3 is 4.90 Å². The van der Waals surface area contributed by atoms with Gasteiger partial charge >= 0.3 is 0 Å². The van der Waals surface area contributed by atoms with Gasteiger partial charge in [-0.3, -0.25) is 0 Å². The minimum atomic E-state index is -0.166. The fraction of sp³-hybridized carbons (Fsp3) is 0.368. The maximum Gasteiger partial charge on any atom is 0.123 e. The van der Waals surface area contributed by atoms with Gasteiger partial charge in [-0.05, 0) is 41.2 Å². The molecule has 21 heavy (non-hydrogen) atoms. The summed E-state index contributed by atoms with van der Waals surface area (Å²) in [5.74, 6) is 1.30. The molecule has 1 heterocycles. The molecular formula is C19H22FN. The van der Waals surface area contributed by atoms with Crippen molar-refractivity contribution in [2.24, 2.45) is 11.8 Å². The number of halogens is 1. The predicted octanol–water partition coefficient (Wildman–Crippen LogP) is 4.68. The van der Waals surface area contributed by atoms with Crippen LogP contribution >= 0.6 is 0 Å². The van der Waals surface area contributed by atoms with Crippen molar-refractivity contribution < 1.29 is 4.39 Å². The normalized spacial score (nSPS) is 21.5. The average molecular weight is 283 g/mol. The molecule has 2 heteroatoms. The smallest absolute Gasteiger partial charge is 0.123 e. The molecule has 3 rings (SSSR count). The zero-order valence-electron chi connectivity index (χ0n) is 12.9. The molecule has 2 aromatic carbocycles. The molecule has 2 unspecified atom stereocenters. The molecule has 0 aliphatic carbocycles. The van der Waals surface area contributed by atoms with Gasteiger partial charge in [0.1, 0.15) is 5.82 Å². The quantitative estimate of drug-likeness (QED) is 0.773. The fourth-order valence-electron chi connectivity index (χ4n) is 3.54. The van der Waals surface area contributed by atoms with Gasteiger partial charge in [0.15, 0.2) is 0 Å². The number of hydrogen-bond acceptors (Lipinski definition) is 1. The topological polar surface area (TPSA) is 3.24 Å². The second kappa shape index (κ2) is 5.51. The first-order chi connectivity index (χ1) is 10.1. The number of anilines is 1. The standard InChI is InChI=1S/C19H22FN/c1-13(2)17-12-21(3)18-7-5-4-6-16(18)19(17)14-8-10-15(20)11-9-14/h4-11,13,17,19H,12H2,1-3H3. The molecular weight excluding hydrogens is 261 g/mol. The molecule has 0 spiro atoms. The number of fused-ring (bicyclic) bond motifs is 1. The lowest BCUT2D eigenvalue weighted by molar-refractivity contribution is 0.338. The van der Waals surface area contributed by atoms with Crippen molar-refractivity contribution in [3.05, 3.63) is 65.5 Å². The minimum absolute atomic E-state index is 0.166. The Morgan fingerprint density at radius 3 is 2.38 bits per heavy atom. The largest absolute Gasteiger partial charge is 0.374 e. The van der Waals surface area contributed by atoms with Crippen molar-refractivity contribution in [2.75, 3.05) is 18.5 Å². The van der Waals surface area contributed by atoms with Crippen LogP contribution in [0.1, 0.15) is 30.9 Å². The summed E-state index contributed by atoms with van der Waals surface area (Å²) in [5.41, 5.74) is 3.87. The second-order valence-corrected chi connectivity index (χ2v) is 6.38. The predicted molar refractivity (Wildman–Crippen MR) is 86.3 cm³/mol. The molecule has 0 saturated carbocycles. The van der Waals surface area contributed by atoms with Crippen molar-refractivity contribution in [1.82, 2.24) is 0 Å². The van der Waals surface area contributed by atoms with Crippen LogP contribution in [0.25, 0.3) is 0 Å². The van der Waals surface area contributed by atoms with E-state index >= 15 is 0 Å². The minimum Gasteiger partial charge on any atom is -0.374 e. The van der Waals surface area contributed by atoms with E-state index in [4.69, 9.17) is 0 Å². The summed E-state index contributed by atoms with van der Waals surface area (Å²) in [7, 11) is 2.16. The lowest BCUT2D eigenvalue weighted by Gasteiger charge is -2.41. The Kier molecular flexibility index (Phi) is 3.71. The maximum absolute atomic E-state index is 13.3. The van der Waals surface area contributed by atoms with Gasteiger partial charge in [-0.15, -0.1) is 0 Å². The highest BCUT2D eigenvalue weighted by atomic mass is 19.1. The van der Waals surface area contributed by atoms with Crippen molar-refractivity contribution in [1.29, 1.82) is 0 Å². The highest BCUT2D eigenvalue weighted by Gasteiger charge is 2.34. The first kappa shape index (κ1) is 14.1. The Labute approximate surface area is 126 Å². The van der Waals surface area contributed by atoms with E-state index in [1.807, 2.05) is 12.1 Å². The van der Waals surface area contributed by atoms with E-state index in [0.717, 1.165) is 6.54 Å². The third kappa shape index (κ3) is 2.55. The summed E-state index contributed by atoms with van der Waals surface area (Å²) in [5, 5.41) is 0. The Hall–Kier alpha value is -1.83. The van der Waals surface area contributed by atoms with E-state index in [1.165, 1.54) is 16.8 Å². The molecule has 0 amide bonds. The lowest BCUT2D eigenvalue weighted by atomic mass is 9.72. The van der Waals surface area contributed by atoms with E-state index < -0.39 is 0 Å². The summed E-state index contributed by atoms with van der Waals surface area (Å²) in [6, 6.07) is 15.6. The van der Waals surface area contributed by atoms with Crippen molar-refractivity contribution >= 4 is 5.69 Å². The molecule has 2 atom stereocenters. The molecule has 0 aromatic heterocycles. The molecule has 0 fully saturated rings. The van der Waals surface area contributed by atoms with Crippen molar-refractivity contribution in [3.63, 3.8) is 0 Å². The zero-order chi connectivity index (χ0) is 15.0. The number of benzene rings is 2. The zero-order valence-corrected chi connectivity index (χ0v) is 12.9. The van der Waals surface area contributed by atoms with Gasteiger partial charge in [-0.25, -0.2) is 4.39 Å². The Bertz CT molecular complexity index is 618. The highest BCUT2D eigenvalue weighted by Crippen LogP contribution is 2.44. The van der Waals surface area contributed by atoms with Crippen LogP contribution < -0.4 is 4.90 Å². The van der Waals surface area contributed by atoms with Gasteiger partial charge in [0, 0.05) is 25.2 Å². The van der Waals surface area contributed by atoms with Crippen molar-refractivity contribution in [2.45, 2.75) is 19.8 Å². The van der Waals surface area contributed by atoms with E-state index in [9.17, 15) is 4.39 Å². The SMILES string of the molecule is CC(C)C1CN(C)c2ccccc2C1c1ccc(F)cc1.